The quantitative estimate of drug-likeness (QED) is 0.911. The maximum Gasteiger partial charge on any atom is 0.163 e. The Kier molecular flexibility index (Phi) is 3.56. The maximum absolute atomic E-state index is 10.1. The molecule has 3 nitrogen and oxygen atoms in total. The highest BCUT2D eigenvalue weighted by atomic mass is 35.5. The van der Waals surface area contributed by atoms with Gasteiger partial charge >= 0.3 is 0 Å². The van der Waals surface area contributed by atoms with Crippen molar-refractivity contribution in [1.29, 1.82) is 0 Å². The molecule has 1 aliphatic heterocycles. The first-order valence-corrected chi connectivity index (χ1v) is 7.66. The van der Waals surface area contributed by atoms with E-state index in [-0.39, 0.29) is 17.5 Å². The Labute approximate surface area is 122 Å². The first-order chi connectivity index (χ1) is 8.94. The Morgan fingerprint density at radius 2 is 1.84 bits per heavy atom. The number of aliphatic hydroxyl groups excluding tert-OH is 1. The smallest absolute Gasteiger partial charge is 0.163 e. The van der Waals surface area contributed by atoms with Crippen LogP contribution in [0.25, 0.3) is 0 Å². The summed E-state index contributed by atoms with van der Waals surface area (Å²) in [5, 5.41) is 11.0. The highest BCUT2D eigenvalue weighted by Crippen LogP contribution is 2.45. The molecule has 3 rings (SSSR count). The largest absolute Gasteiger partial charge is 0.390 e. The Hall–Kier alpha value is -0.260. The van der Waals surface area contributed by atoms with Crippen molar-refractivity contribution in [3.63, 3.8) is 0 Å². The highest BCUT2D eigenvalue weighted by molar-refractivity contribution is 8.00. The molecule has 4 atom stereocenters. The maximum atomic E-state index is 10.1. The minimum atomic E-state index is -0.602. The van der Waals surface area contributed by atoms with Gasteiger partial charge in [-0.1, -0.05) is 11.6 Å². The number of halogens is 1. The fourth-order valence-electron chi connectivity index (χ4n) is 2.71. The fraction of sp³-hybridized carbons (Fsp3) is 0.571. The van der Waals surface area contributed by atoms with Gasteiger partial charge in [0.1, 0.15) is 12.2 Å². The summed E-state index contributed by atoms with van der Waals surface area (Å²) in [6.45, 7) is 3.78. The fourth-order valence-corrected chi connectivity index (χ4v) is 4.12. The average Bonchev–Trinajstić information content (AvgIpc) is 2.79. The van der Waals surface area contributed by atoms with E-state index in [2.05, 4.69) is 0 Å². The molecule has 1 N–H and O–H groups in total. The van der Waals surface area contributed by atoms with Crippen LogP contribution in [0.15, 0.2) is 29.2 Å². The minimum absolute atomic E-state index is 0.0503. The lowest BCUT2D eigenvalue weighted by Gasteiger charge is -2.22. The second kappa shape index (κ2) is 4.93. The first-order valence-electron chi connectivity index (χ1n) is 6.40. The van der Waals surface area contributed by atoms with Crippen molar-refractivity contribution in [3.8, 4) is 0 Å². The normalized spacial score (nSPS) is 36.4. The van der Waals surface area contributed by atoms with Gasteiger partial charge in [0.15, 0.2) is 5.79 Å². The van der Waals surface area contributed by atoms with Gasteiger partial charge in [0.2, 0.25) is 0 Å². The molecule has 1 saturated heterocycles. The molecule has 0 amide bonds. The van der Waals surface area contributed by atoms with Crippen LogP contribution in [-0.2, 0) is 9.47 Å². The third kappa shape index (κ3) is 2.78. The van der Waals surface area contributed by atoms with Crippen molar-refractivity contribution in [2.45, 2.75) is 54.5 Å². The van der Waals surface area contributed by atoms with Crippen molar-refractivity contribution in [1.82, 2.24) is 0 Å². The molecule has 19 heavy (non-hydrogen) atoms. The van der Waals surface area contributed by atoms with Crippen molar-refractivity contribution < 1.29 is 14.6 Å². The summed E-state index contributed by atoms with van der Waals surface area (Å²) in [6, 6.07) is 7.74. The van der Waals surface area contributed by atoms with Gasteiger partial charge in [-0.15, -0.1) is 11.8 Å². The summed E-state index contributed by atoms with van der Waals surface area (Å²) >= 11 is 7.60. The number of benzene rings is 1. The molecule has 5 heteroatoms. The molecule has 0 unspecified atom stereocenters. The van der Waals surface area contributed by atoms with Crippen LogP contribution in [-0.4, -0.2) is 34.5 Å². The Balaban J connectivity index is 1.73. The SMILES string of the molecule is CC1(C)O[C@@H]2[C@H](O1)[C@@H](Sc1ccc(Cl)cc1)C[C@@H]2O. The third-order valence-corrected chi connectivity index (χ3v) is 5.04. The third-order valence-electron chi connectivity index (χ3n) is 3.48. The van der Waals surface area contributed by atoms with Gasteiger partial charge in [0, 0.05) is 15.2 Å². The Morgan fingerprint density at radius 1 is 1.21 bits per heavy atom. The number of hydrogen-bond donors (Lipinski definition) is 1. The summed E-state index contributed by atoms with van der Waals surface area (Å²) in [5.41, 5.74) is 0. The summed E-state index contributed by atoms with van der Waals surface area (Å²) in [7, 11) is 0. The van der Waals surface area contributed by atoms with E-state index < -0.39 is 11.9 Å². The Bertz CT molecular complexity index is 462. The van der Waals surface area contributed by atoms with Crippen LogP contribution in [0, 0.1) is 0 Å². The van der Waals surface area contributed by atoms with Crippen molar-refractivity contribution in [2.75, 3.05) is 0 Å². The van der Waals surface area contributed by atoms with Crippen LogP contribution in [0.4, 0.5) is 0 Å². The molecule has 0 aromatic heterocycles. The molecule has 1 heterocycles. The van der Waals surface area contributed by atoms with Gasteiger partial charge in [0.25, 0.3) is 0 Å². The molecule has 1 aromatic carbocycles. The molecule has 104 valence electrons. The number of fused-ring (bicyclic) bond motifs is 1. The number of thioether (sulfide) groups is 1. The zero-order valence-electron chi connectivity index (χ0n) is 10.9. The van der Waals surface area contributed by atoms with Crippen LogP contribution in [0.3, 0.4) is 0 Å². The van der Waals surface area contributed by atoms with E-state index in [9.17, 15) is 5.11 Å². The first kappa shape index (κ1) is 13.7. The monoisotopic (exact) mass is 300 g/mol. The van der Waals surface area contributed by atoms with Gasteiger partial charge in [-0.25, -0.2) is 0 Å². The predicted octanol–water partition coefficient (Wildman–Crippen LogP) is 3.09. The van der Waals surface area contributed by atoms with E-state index in [0.717, 1.165) is 9.92 Å². The van der Waals surface area contributed by atoms with E-state index in [1.54, 1.807) is 11.8 Å². The molecule has 1 aliphatic carbocycles. The van der Waals surface area contributed by atoms with Crippen LogP contribution in [0.5, 0.6) is 0 Å². The molecule has 1 saturated carbocycles. The Morgan fingerprint density at radius 3 is 2.53 bits per heavy atom. The molecule has 2 fully saturated rings. The van der Waals surface area contributed by atoms with Crippen LogP contribution in [0.1, 0.15) is 20.3 Å². The van der Waals surface area contributed by atoms with Gasteiger partial charge in [0.05, 0.1) is 6.10 Å². The highest BCUT2D eigenvalue weighted by Gasteiger charge is 2.53. The zero-order valence-corrected chi connectivity index (χ0v) is 12.4. The van der Waals surface area contributed by atoms with Gasteiger partial charge in [-0.2, -0.15) is 0 Å². The molecule has 1 aromatic rings. The second-order valence-corrected chi connectivity index (χ2v) is 7.23. The van der Waals surface area contributed by atoms with Gasteiger partial charge in [-0.05, 0) is 44.5 Å². The molecular formula is C14H17ClO3S. The van der Waals surface area contributed by atoms with E-state index in [1.165, 1.54) is 0 Å². The van der Waals surface area contributed by atoms with Gasteiger partial charge < -0.3 is 14.6 Å². The summed E-state index contributed by atoms with van der Waals surface area (Å²) in [6.07, 6.45) is -0.0133. The lowest BCUT2D eigenvalue weighted by Crippen LogP contribution is -2.28. The number of aliphatic hydroxyl groups is 1. The molecule has 0 radical (unpaired) electrons. The average molecular weight is 301 g/mol. The van der Waals surface area contributed by atoms with Gasteiger partial charge in [-0.3, -0.25) is 0 Å². The molecular weight excluding hydrogens is 284 g/mol. The predicted molar refractivity (Wildman–Crippen MR) is 75.5 cm³/mol. The number of hydrogen-bond acceptors (Lipinski definition) is 4. The summed E-state index contributed by atoms with van der Waals surface area (Å²) < 4.78 is 11.7. The summed E-state index contributed by atoms with van der Waals surface area (Å²) in [5.74, 6) is -0.602. The molecule has 2 aliphatic rings. The topological polar surface area (TPSA) is 38.7 Å². The van der Waals surface area contributed by atoms with Crippen LogP contribution < -0.4 is 0 Å². The van der Waals surface area contributed by atoms with E-state index >= 15 is 0 Å². The second-order valence-electron chi connectivity index (χ2n) is 5.48. The lowest BCUT2D eigenvalue weighted by molar-refractivity contribution is -0.161. The summed E-state index contributed by atoms with van der Waals surface area (Å²) in [4.78, 5) is 1.13. The lowest BCUT2D eigenvalue weighted by atomic mass is 10.2. The standard InChI is InChI=1S/C14H17ClO3S/c1-14(2)17-12-10(16)7-11(13(12)18-14)19-9-5-3-8(15)4-6-9/h3-6,10-13,16H,7H2,1-2H3/t10-,11-,12-,13+/m0/s1. The van der Waals surface area contributed by atoms with Crippen LogP contribution in [0.2, 0.25) is 5.02 Å². The number of ether oxygens (including phenoxy) is 2. The van der Waals surface area contributed by atoms with Crippen molar-refractivity contribution in [3.05, 3.63) is 29.3 Å². The van der Waals surface area contributed by atoms with E-state index in [0.29, 0.717) is 6.42 Å². The number of rotatable bonds is 2. The van der Waals surface area contributed by atoms with E-state index in [4.69, 9.17) is 21.1 Å². The molecule has 0 bridgehead atoms. The van der Waals surface area contributed by atoms with Crippen LogP contribution >= 0.6 is 23.4 Å². The van der Waals surface area contributed by atoms with E-state index in [1.807, 2.05) is 38.1 Å². The zero-order chi connectivity index (χ0) is 13.6. The van der Waals surface area contributed by atoms with Crippen molar-refractivity contribution in [2.24, 2.45) is 0 Å². The van der Waals surface area contributed by atoms with Crippen molar-refractivity contribution >= 4 is 23.4 Å². The minimum Gasteiger partial charge on any atom is -0.390 e. The molecule has 0 spiro atoms.